The van der Waals surface area contributed by atoms with Crippen LogP contribution in [-0.4, -0.2) is 29.8 Å². The molecule has 92 valence electrons. The Hall–Kier alpha value is -2.50. The maximum atomic E-state index is 11.6. The first kappa shape index (κ1) is 10.6. The van der Waals surface area contributed by atoms with Crippen LogP contribution in [0.25, 0.3) is 11.1 Å². The SMILES string of the molecule is CN1C(=O)COc2ccc(-c3cn[nH]c3N)cc21. The number of nitrogen functional groups attached to an aromatic ring is 1. The summed E-state index contributed by atoms with van der Waals surface area (Å²) in [7, 11) is 1.73. The second-order valence-electron chi connectivity index (χ2n) is 4.12. The lowest BCUT2D eigenvalue weighted by Gasteiger charge is -2.26. The van der Waals surface area contributed by atoms with E-state index in [-0.39, 0.29) is 12.5 Å². The standard InChI is InChI=1S/C12H12N4O2/c1-16-9-4-7(8-5-14-15-12(8)13)2-3-10(9)18-6-11(16)17/h2-5H,6H2,1H3,(H3,13,14,15). The van der Waals surface area contributed by atoms with Crippen LogP contribution in [0.4, 0.5) is 11.5 Å². The molecule has 18 heavy (non-hydrogen) atoms. The number of anilines is 2. The van der Waals surface area contributed by atoms with Gasteiger partial charge in [0.15, 0.2) is 6.61 Å². The lowest BCUT2D eigenvalue weighted by molar-refractivity contribution is -0.120. The summed E-state index contributed by atoms with van der Waals surface area (Å²) in [6.45, 7) is 0.0801. The molecule has 0 saturated carbocycles. The number of carbonyl (C=O) groups is 1. The van der Waals surface area contributed by atoms with E-state index in [4.69, 9.17) is 10.5 Å². The van der Waals surface area contributed by atoms with Crippen molar-refractivity contribution in [1.82, 2.24) is 10.2 Å². The Morgan fingerprint density at radius 2 is 2.33 bits per heavy atom. The highest BCUT2D eigenvalue weighted by molar-refractivity contribution is 5.98. The third kappa shape index (κ3) is 1.50. The fourth-order valence-corrected chi connectivity index (χ4v) is 1.97. The van der Waals surface area contributed by atoms with Gasteiger partial charge in [-0.25, -0.2) is 0 Å². The predicted molar refractivity (Wildman–Crippen MR) is 67.3 cm³/mol. The van der Waals surface area contributed by atoms with Crippen molar-refractivity contribution < 1.29 is 9.53 Å². The molecule has 1 aliphatic rings. The Balaban J connectivity index is 2.11. The molecule has 0 bridgehead atoms. The van der Waals surface area contributed by atoms with Crippen LogP contribution in [0.5, 0.6) is 5.75 Å². The number of likely N-dealkylation sites (N-methyl/N-ethyl adjacent to an activating group) is 1. The average Bonchev–Trinajstić information content (AvgIpc) is 2.80. The molecule has 1 aliphatic heterocycles. The van der Waals surface area contributed by atoms with E-state index < -0.39 is 0 Å². The average molecular weight is 244 g/mol. The number of nitrogens with two attached hydrogens (primary N) is 1. The molecule has 6 heteroatoms. The summed E-state index contributed by atoms with van der Waals surface area (Å²) < 4.78 is 5.36. The van der Waals surface area contributed by atoms with Crippen LogP contribution < -0.4 is 15.4 Å². The number of ether oxygens (including phenoxy) is 1. The van der Waals surface area contributed by atoms with E-state index in [1.165, 1.54) is 0 Å². The van der Waals surface area contributed by atoms with Gasteiger partial charge in [-0.05, 0) is 17.7 Å². The van der Waals surface area contributed by atoms with Crippen LogP contribution in [0.3, 0.4) is 0 Å². The monoisotopic (exact) mass is 244 g/mol. The number of nitrogens with one attached hydrogen (secondary N) is 1. The summed E-state index contributed by atoms with van der Waals surface area (Å²) in [4.78, 5) is 13.2. The highest BCUT2D eigenvalue weighted by atomic mass is 16.5. The summed E-state index contributed by atoms with van der Waals surface area (Å²) in [6.07, 6.45) is 1.66. The summed E-state index contributed by atoms with van der Waals surface area (Å²) in [5.41, 5.74) is 8.22. The van der Waals surface area contributed by atoms with Crippen molar-refractivity contribution in [3.8, 4) is 16.9 Å². The van der Waals surface area contributed by atoms with Gasteiger partial charge < -0.3 is 15.4 Å². The van der Waals surface area contributed by atoms with Crippen LogP contribution >= 0.6 is 0 Å². The van der Waals surface area contributed by atoms with Gasteiger partial charge in [-0.1, -0.05) is 6.07 Å². The van der Waals surface area contributed by atoms with Gasteiger partial charge in [0, 0.05) is 12.6 Å². The van der Waals surface area contributed by atoms with E-state index in [0.29, 0.717) is 11.6 Å². The fraction of sp³-hybridized carbons (Fsp3) is 0.167. The zero-order chi connectivity index (χ0) is 12.7. The van der Waals surface area contributed by atoms with Gasteiger partial charge >= 0.3 is 0 Å². The minimum Gasteiger partial charge on any atom is -0.482 e. The van der Waals surface area contributed by atoms with Gasteiger partial charge in [-0.3, -0.25) is 9.89 Å². The zero-order valence-electron chi connectivity index (χ0n) is 9.80. The summed E-state index contributed by atoms with van der Waals surface area (Å²) in [6, 6.07) is 5.59. The number of hydrogen-bond donors (Lipinski definition) is 2. The van der Waals surface area contributed by atoms with Gasteiger partial charge in [0.25, 0.3) is 5.91 Å². The first-order valence-corrected chi connectivity index (χ1v) is 5.49. The fourth-order valence-electron chi connectivity index (χ4n) is 1.97. The molecule has 2 aromatic rings. The molecule has 0 spiro atoms. The minimum absolute atomic E-state index is 0.0696. The molecule has 3 rings (SSSR count). The van der Waals surface area contributed by atoms with Crippen molar-refractivity contribution in [2.75, 3.05) is 24.3 Å². The number of nitrogens with zero attached hydrogens (tertiary/aromatic N) is 2. The van der Waals surface area contributed by atoms with Gasteiger partial charge in [-0.2, -0.15) is 5.10 Å². The van der Waals surface area contributed by atoms with E-state index in [1.807, 2.05) is 18.2 Å². The van der Waals surface area contributed by atoms with Crippen LogP contribution in [0.2, 0.25) is 0 Å². The van der Waals surface area contributed by atoms with Crippen LogP contribution in [0, 0.1) is 0 Å². The Labute approximate surface area is 103 Å². The van der Waals surface area contributed by atoms with Gasteiger partial charge in [0.2, 0.25) is 0 Å². The topological polar surface area (TPSA) is 84.2 Å². The number of hydrogen-bond acceptors (Lipinski definition) is 4. The number of aromatic nitrogens is 2. The number of H-pyrrole nitrogens is 1. The lowest BCUT2D eigenvalue weighted by atomic mass is 10.1. The maximum absolute atomic E-state index is 11.6. The van der Waals surface area contributed by atoms with Gasteiger partial charge in [0.05, 0.1) is 11.9 Å². The van der Waals surface area contributed by atoms with Gasteiger partial charge in [0.1, 0.15) is 11.6 Å². The van der Waals surface area contributed by atoms with E-state index in [9.17, 15) is 4.79 Å². The normalized spacial score (nSPS) is 14.3. The molecule has 1 aromatic heterocycles. The Kier molecular flexibility index (Phi) is 2.22. The Morgan fingerprint density at radius 3 is 3.06 bits per heavy atom. The molecule has 2 heterocycles. The second kappa shape index (κ2) is 3.76. The number of benzene rings is 1. The smallest absolute Gasteiger partial charge is 0.264 e. The first-order chi connectivity index (χ1) is 8.66. The molecule has 0 fully saturated rings. The van der Waals surface area contributed by atoms with Crippen molar-refractivity contribution >= 4 is 17.4 Å². The third-order valence-corrected chi connectivity index (χ3v) is 3.03. The molecular formula is C12H12N4O2. The van der Waals surface area contributed by atoms with E-state index in [0.717, 1.165) is 16.8 Å². The third-order valence-electron chi connectivity index (χ3n) is 3.03. The number of amides is 1. The largest absolute Gasteiger partial charge is 0.482 e. The molecule has 0 saturated heterocycles. The molecule has 0 radical (unpaired) electrons. The number of aromatic amines is 1. The molecule has 6 nitrogen and oxygen atoms in total. The molecule has 1 aromatic carbocycles. The summed E-state index contributed by atoms with van der Waals surface area (Å²) in [5, 5.41) is 6.57. The highest BCUT2D eigenvalue weighted by Gasteiger charge is 2.22. The van der Waals surface area contributed by atoms with E-state index >= 15 is 0 Å². The minimum atomic E-state index is -0.0696. The highest BCUT2D eigenvalue weighted by Crippen LogP contribution is 2.36. The Morgan fingerprint density at radius 1 is 1.50 bits per heavy atom. The van der Waals surface area contributed by atoms with Gasteiger partial charge in [-0.15, -0.1) is 0 Å². The number of carbonyl (C=O) groups excluding carboxylic acids is 1. The molecule has 3 N–H and O–H groups in total. The molecule has 0 atom stereocenters. The van der Waals surface area contributed by atoms with E-state index in [2.05, 4.69) is 10.2 Å². The quantitative estimate of drug-likeness (QED) is 0.784. The number of rotatable bonds is 1. The van der Waals surface area contributed by atoms with Crippen molar-refractivity contribution in [2.24, 2.45) is 0 Å². The molecular weight excluding hydrogens is 232 g/mol. The molecule has 0 aliphatic carbocycles. The van der Waals surface area contributed by atoms with Crippen molar-refractivity contribution in [1.29, 1.82) is 0 Å². The first-order valence-electron chi connectivity index (χ1n) is 5.49. The summed E-state index contributed by atoms with van der Waals surface area (Å²) in [5.74, 6) is 1.13. The predicted octanol–water partition coefficient (Wildman–Crippen LogP) is 1.01. The van der Waals surface area contributed by atoms with Crippen molar-refractivity contribution in [3.63, 3.8) is 0 Å². The molecule has 0 unspecified atom stereocenters. The summed E-state index contributed by atoms with van der Waals surface area (Å²) >= 11 is 0. The molecule has 1 amide bonds. The maximum Gasteiger partial charge on any atom is 0.264 e. The Bertz CT molecular complexity index is 620. The van der Waals surface area contributed by atoms with Crippen molar-refractivity contribution in [3.05, 3.63) is 24.4 Å². The van der Waals surface area contributed by atoms with Crippen LogP contribution in [0.15, 0.2) is 24.4 Å². The van der Waals surface area contributed by atoms with E-state index in [1.54, 1.807) is 18.1 Å². The lowest BCUT2D eigenvalue weighted by Crippen LogP contribution is -2.35. The number of fused-ring (bicyclic) bond motifs is 1. The van der Waals surface area contributed by atoms with Crippen molar-refractivity contribution in [2.45, 2.75) is 0 Å². The van der Waals surface area contributed by atoms with Crippen LogP contribution in [0.1, 0.15) is 0 Å². The second-order valence-corrected chi connectivity index (χ2v) is 4.12. The van der Waals surface area contributed by atoms with Crippen LogP contribution in [-0.2, 0) is 4.79 Å². The zero-order valence-corrected chi connectivity index (χ0v) is 9.80.